The van der Waals surface area contributed by atoms with Crippen LogP contribution in [0.25, 0.3) is 0 Å². The van der Waals surface area contributed by atoms with E-state index in [9.17, 15) is 9.90 Å². The number of aliphatic imine (C=N–C) groups is 1. The highest BCUT2D eigenvalue weighted by atomic mass is 16.3. The third-order valence-corrected chi connectivity index (χ3v) is 3.88. The Kier molecular flexibility index (Phi) is 3.53. The van der Waals surface area contributed by atoms with Crippen molar-refractivity contribution < 1.29 is 9.90 Å². The van der Waals surface area contributed by atoms with E-state index in [1.807, 2.05) is 12.1 Å². The van der Waals surface area contributed by atoms with Gasteiger partial charge in [-0.05, 0) is 36.5 Å². The summed E-state index contributed by atoms with van der Waals surface area (Å²) in [6.07, 6.45) is 5.40. The molecule has 0 bridgehead atoms. The molecule has 1 aliphatic rings. The Morgan fingerprint density at radius 1 is 1.33 bits per heavy atom. The number of phenolic OH excluding ortho intramolecular Hbond substituents is 1. The minimum Gasteiger partial charge on any atom is -0.508 e. The number of aromatic hydroxyl groups is 1. The van der Waals surface area contributed by atoms with E-state index in [2.05, 4.69) is 18.8 Å². The first kappa shape index (κ1) is 12.8. The summed E-state index contributed by atoms with van der Waals surface area (Å²) >= 11 is 0. The molecule has 2 rings (SSSR count). The van der Waals surface area contributed by atoms with Gasteiger partial charge >= 0.3 is 0 Å². The van der Waals surface area contributed by atoms with Crippen LogP contribution in [0.15, 0.2) is 23.2 Å². The summed E-state index contributed by atoms with van der Waals surface area (Å²) < 4.78 is 0. The number of hydrogen-bond donors (Lipinski definition) is 1. The highest BCUT2D eigenvalue weighted by Crippen LogP contribution is 2.46. The molecule has 1 saturated carbocycles. The van der Waals surface area contributed by atoms with Crippen molar-refractivity contribution in [2.45, 2.75) is 51.0 Å². The second-order valence-corrected chi connectivity index (χ2v) is 5.37. The maximum Gasteiger partial charge on any atom is 0.235 e. The van der Waals surface area contributed by atoms with Gasteiger partial charge in [0.1, 0.15) is 11.3 Å². The van der Waals surface area contributed by atoms with Gasteiger partial charge in [-0.3, -0.25) is 0 Å². The van der Waals surface area contributed by atoms with E-state index in [1.165, 1.54) is 0 Å². The Morgan fingerprint density at radius 2 is 2.00 bits per heavy atom. The summed E-state index contributed by atoms with van der Waals surface area (Å²) in [5.74, 6) is 0.628. The van der Waals surface area contributed by atoms with E-state index in [0.29, 0.717) is 5.92 Å². The van der Waals surface area contributed by atoms with Crippen LogP contribution in [0.3, 0.4) is 0 Å². The molecule has 1 fully saturated rings. The quantitative estimate of drug-likeness (QED) is 0.653. The first-order chi connectivity index (χ1) is 8.59. The maximum atomic E-state index is 10.7. The monoisotopic (exact) mass is 245 g/mol. The third-order valence-electron chi connectivity index (χ3n) is 3.88. The van der Waals surface area contributed by atoms with Crippen molar-refractivity contribution in [2.24, 2.45) is 4.99 Å². The lowest BCUT2D eigenvalue weighted by Gasteiger charge is -2.25. The lowest BCUT2D eigenvalue weighted by atomic mass is 9.85. The van der Waals surface area contributed by atoms with E-state index in [-0.39, 0.29) is 5.75 Å². The summed E-state index contributed by atoms with van der Waals surface area (Å²) in [4.78, 5) is 14.7. The molecule has 3 nitrogen and oxygen atoms in total. The molecule has 0 saturated heterocycles. The molecule has 1 aromatic carbocycles. The Morgan fingerprint density at radius 3 is 2.56 bits per heavy atom. The van der Waals surface area contributed by atoms with Gasteiger partial charge in [0.2, 0.25) is 6.08 Å². The van der Waals surface area contributed by atoms with Gasteiger partial charge < -0.3 is 5.11 Å². The van der Waals surface area contributed by atoms with E-state index in [0.717, 1.165) is 36.8 Å². The molecular formula is C15H19NO2. The van der Waals surface area contributed by atoms with Gasteiger partial charge in [-0.2, -0.15) is 4.99 Å². The first-order valence-electron chi connectivity index (χ1n) is 6.51. The first-order valence-corrected chi connectivity index (χ1v) is 6.51. The largest absolute Gasteiger partial charge is 0.508 e. The van der Waals surface area contributed by atoms with Crippen molar-refractivity contribution >= 4 is 6.08 Å². The van der Waals surface area contributed by atoms with Gasteiger partial charge in [-0.1, -0.05) is 32.8 Å². The van der Waals surface area contributed by atoms with Crippen molar-refractivity contribution in [3.05, 3.63) is 29.3 Å². The number of carbonyl (C=O) groups excluding carboxylic acids is 1. The molecular weight excluding hydrogens is 226 g/mol. The van der Waals surface area contributed by atoms with E-state index in [1.54, 1.807) is 12.1 Å². The molecule has 96 valence electrons. The van der Waals surface area contributed by atoms with Gasteiger partial charge in [-0.25, -0.2) is 4.79 Å². The van der Waals surface area contributed by atoms with Crippen LogP contribution in [0.2, 0.25) is 0 Å². The van der Waals surface area contributed by atoms with Crippen LogP contribution in [0.1, 0.15) is 56.6 Å². The molecule has 1 N–H and O–H groups in total. The Hall–Kier alpha value is -1.60. The number of phenols is 1. The molecule has 0 spiro atoms. The smallest absolute Gasteiger partial charge is 0.235 e. The van der Waals surface area contributed by atoms with Crippen LogP contribution in [0, 0.1) is 0 Å². The summed E-state index contributed by atoms with van der Waals surface area (Å²) in [6.45, 7) is 4.22. The van der Waals surface area contributed by atoms with Crippen LogP contribution in [-0.2, 0) is 10.3 Å². The zero-order chi connectivity index (χ0) is 13.2. The molecule has 0 unspecified atom stereocenters. The highest BCUT2D eigenvalue weighted by Gasteiger charge is 2.37. The van der Waals surface area contributed by atoms with Gasteiger partial charge in [0, 0.05) is 5.56 Å². The van der Waals surface area contributed by atoms with E-state index >= 15 is 0 Å². The van der Waals surface area contributed by atoms with Crippen molar-refractivity contribution in [3.63, 3.8) is 0 Å². The Balaban J connectivity index is 2.53. The standard InChI is InChI=1S/C15H19NO2/c1-11(2)12-5-6-14(18)13(9-12)15(16-10-17)7-3-4-8-15/h5-6,9,11,18H,3-4,7-8H2,1-2H3. The minimum atomic E-state index is -0.545. The average Bonchev–Trinajstić information content (AvgIpc) is 2.79. The third kappa shape index (κ3) is 2.19. The van der Waals surface area contributed by atoms with E-state index in [4.69, 9.17) is 0 Å². The lowest BCUT2D eigenvalue weighted by Crippen LogP contribution is -2.19. The molecule has 3 heteroatoms. The van der Waals surface area contributed by atoms with Crippen LogP contribution in [-0.4, -0.2) is 11.2 Å². The average molecular weight is 245 g/mol. The Bertz CT molecular complexity index is 481. The number of benzene rings is 1. The van der Waals surface area contributed by atoms with Crippen LogP contribution < -0.4 is 0 Å². The molecule has 0 heterocycles. The van der Waals surface area contributed by atoms with Crippen molar-refractivity contribution in [1.82, 2.24) is 0 Å². The maximum absolute atomic E-state index is 10.7. The SMILES string of the molecule is CC(C)c1ccc(O)c(C2(N=C=O)CCCC2)c1. The number of hydrogen-bond acceptors (Lipinski definition) is 3. The highest BCUT2D eigenvalue weighted by molar-refractivity contribution is 5.46. The summed E-state index contributed by atoms with van der Waals surface area (Å²) in [7, 11) is 0. The zero-order valence-electron chi connectivity index (χ0n) is 10.9. The summed E-state index contributed by atoms with van der Waals surface area (Å²) in [5, 5.41) is 10.1. The molecule has 18 heavy (non-hydrogen) atoms. The van der Waals surface area contributed by atoms with Gasteiger partial charge in [0.25, 0.3) is 0 Å². The second kappa shape index (κ2) is 4.95. The van der Waals surface area contributed by atoms with Crippen molar-refractivity contribution in [3.8, 4) is 5.75 Å². The molecule has 1 aromatic rings. The van der Waals surface area contributed by atoms with Crippen molar-refractivity contribution in [2.75, 3.05) is 0 Å². The van der Waals surface area contributed by atoms with Crippen LogP contribution in [0.4, 0.5) is 0 Å². The number of rotatable bonds is 3. The molecule has 0 radical (unpaired) electrons. The normalized spacial score (nSPS) is 17.7. The predicted octanol–water partition coefficient (Wildman–Crippen LogP) is 3.62. The fourth-order valence-electron chi connectivity index (χ4n) is 2.77. The van der Waals surface area contributed by atoms with Gasteiger partial charge in [0.05, 0.1) is 0 Å². The molecule has 0 aromatic heterocycles. The molecule has 1 aliphatic carbocycles. The predicted molar refractivity (Wildman–Crippen MR) is 70.5 cm³/mol. The number of nitrogens with zero attached hydrogens (tertiary/aromatic N) is 1. The minimum absolute atomic E-state index is 0.236. The fraction of sp³-hybridized carbons (Fsp3) is 0.533. The topological polar surface area (TPSA) is 49.7 Å². The van der Waals surface area contributed by atoms with Gasteiger partial charge in [0.15, 0.2) is 0 Å². The molecule has 0 amide bonds. The molecule has 0 atom stereocenters. The van der Waals surface area contributed by atoms with Crippen LogP contribution >= 0.6 is 0 Å². The van der Waals surface area contributed by atoms with E-state index < -0.39 is 5.54 Å². The lowest BCUT2D eigenvalue weighted by molar-refractivity contribution is 0.408. The second-order valence-electron chi connectivity index (χ2n) is 5.37. The summed E-state index contributed by atoms with van der Waals surface area (Å²) in [5.41, 5.74) is 1.40. The van der Waals surface area contributed by atoms with Crippen LogP contribution in [0.5, 0.6) is 5.75 Å². The zero-order valence-corrected chi connectivity index (χ0v) is 10.9. The summed E-state index contributed by atoms with van der Waals surface area (Å²) in [6, 6.07) is 5.63. The Labute approximate surface area is 108 Å². The fourth-order valence-corrected chi connectivity index (χ4v) is 2.77. The number of isocyanates is 1. The van der Waals surface area contributed by atoms with Crippen molar-refractivity contribution in [1.29, 1.82) is 0 Å². The van der Waals surface area contributed by atoms with Gasteiger partial charge in [-0.15, -0.1) is 0 Å². The molecule has 0 aliphatic heterocycles.